The minimum Gasteiger partial charge on any atom is -0.469 e. The van der Waals surface area contributed by atoms with Gasteiger partial charge in [0.2, 0.25) is 0 Å². The molecule has 0 unspecified atom stereocenters. The molecule has 1 rings (SSSR count). The molecule has 4 heteroatoms. The molecule has 0 fully saturated rings. The highest BCUT2D eigenvalue weighted by Gasteiger charge is 2.32. The lowest BCUT2D eigenvalue weighted by atomic mass is 9.91. The molecule has 2 N–H and O–H groups in total. The molecule has 0 aliphatic rings. The Morgan fingerprint density at radius 1 is 1.25 bits per heavy atom. The predicted molar refractivity (Wildman–Crippen MR) is 58.6 cm³/mol. The summed E-state index contributed by atoms with van der Waals surface area (Å²) in [4.78, 5) is 11.4. The van der Waals surface area contributed by atoms with E-state index in [-0.39, 0.29) is 0 Å². The lowest BCUT2D eigenvalue weighted by Gasteiger charge is -2.23. The van der Waals surface area contributed by atoms with Gasteiger partial charge in [0.25, 0.3) is 0 Å². The van der Waals surface area contributed by atoms with Gasteiger partial charge in [-0.15, -0.1) is 0 Å². The van der Waals surface area contributed by atoms with Crippen LogP contribution in [0.15, 0.2) is 30.3 Å². The quantitative estimate of drug-likeness (QED) is 0.745. The van der Waals surface area contributed by atoms with E-state index in [4.69, 9.17) is 0 Å². The molecule has 0 aliphatic carbocycles. The van der Waals surface area contributed by atoms with Crippen LogP contribution in [-0.2, 0) is 9.53 Å². The topological polar surface area (TPSA) is 66.8 Å². The van der Waals surface area contributed by atoms with Gasteiger partial charge in [-0.2, -0.15) is 0 Å². The van der Waals surface area contributed by atoms with Crippen molar-refractivity contribution >= 4 is 5.97 Å². The van der Waals surface area contributed by atoms with Gasteiger partial charge in [-0.05, 0) is 12.5 Å². The Morgan fingerprint density at radius 3 is 2.25 bits per heavy atom. The number of ether oxygens (including phenoxy) is 1. The molecule has 4 nitrogen and oxygen atoms in total. The highest BCUT2D eigenvalue weighted by molar-refractivity contribution is 5.73. The van der Waals surface area contributed by atoms with Crippen molar-refractivity contribution < 1.29 is 19.7 Å². The molecular weight excluding hydrogens is 208 g/mol. The Hall–Kier alpha value is -1.39. The average molecular weight is 224 g/mol. The van der Waals surface area contributed by atoms with Crippen molar-refractivity contribution in [2.45, 2.75) is 19.1 Å². The number of carbonyl (C=O) groups excluding carboxylic acids is 1. The fourth-order valence-corrected chi connectivity index (χ4v) is 1.58. The second-order valence-corrected chi connectivity index (χ2v) is 3.65. The zero-order chi connectivity index (χ0) is 12.1. The largest absolute Gasteiger partial charge is 0.469 e. The van der Waals surface area contributed by atoms with E-state index in [9.17, 15) is 15.0 Å². The van der Waals surface area contributed by atoms with Crippen LogP contribution in [0.1, 0.15) is 18.6 Å². The van der Waals surface area contributed by atoms with Gasteiger partial charge < -0.3 is 14.9 Å². The number of carbonyl (C=O) groups is 1. The molecule has 1 aromatic rings. The lowest BCUT2D eigenvalue weighted by Crippen LogP contribution is -2.32. The molecule has 16 heavy (non-hydrogen) atoms. The van der Waals surface area contributed by atoms with Crippen LogP contribution in [0.5, 0.6) is 0 Å². The average Bonchev–Trinajstić information content (AvgIpc) is 2.29. The Bertz CT molecular complexity index is 334. The van der Waals surface area contributed by atoms with Crippen molar-refractivity contribution in [1.82, 2.24) is 0 Å². The van der Waals surface area contributed by atoms with Crippen molar-refractivity contribution in [1.29, 1.82) is 0 Å². The van der Waals surface area contributed by atoms with Gasteiger partial charge in [0.15, 0.2) is 0 Å². The summed E-state index contributed by atoms with van der Waals surface area (Å²) in [7, 11) is 1.23. The Labute approximate surface area is 94.5 Å². The van der Waals surface area contributed by atoms with Crippen molar-refractivity contribution in [2.24, 2.45) is 5.92 Å². The third-order valence-electron chi connectivity index (χ3n) is 2.47. The predicted octanol–water partition coefficient (Wildman–Crippen LogP) is 0.890. The van der Waals surface area contributed by atoms with Crippen molar-refractivity contribution in [3.8, 4) is 0 Å². The van der Waals surface area contributed by atoms with Gasteiger partial charge >= 0.3 is 5.97 Å². The Balaban J connectivity index is 2.92. The Kier molecular flexibility index (Phi) is 4.46. The van der Waals surface area contributed by atoms with E-state index in [2.05, 4.69) is 4.74 Å². The number of rotatable bonds is 4. The van der Waals surface area contributed by atoms with E-state index in [0.29, 0.717) is 5.56 Å². The van der Waals surface area contributed by atoms with E-state index in [1.165, 1.54) is 14.0 Å². The van der Waals surface area contributed by atoms with Crippen LogP contribution in [0.4, 0.5) is 0 Å². The van der Waals surface area contributed by atoms with Crippen LogP contribution < -0.4 is 0 Å². The van der Waals surface area contributed by atoms with Gasteiger partial charge in [0.1, 0.15) is 5.92 Å². The van der Waals surface area contributed by atoms with E-state index in [1.54, 1.807) is 24.3 Å². The maximum absolute atomic E-state index is 11.4. The van der Waals surface area contributed by atoms with Crippen molar-refractivity contribution in [2.75, 3.05) is 7.11 Å². The van der Waals surface area contributed by atoms with Crippen LogP contribution in [0.3, 0.4) is 0 Å². The molecular formula is C12H16O4. The monoisotopic (exact) mass is 224 g/mol. The van der Waals surface area contributed by atoms with E-state index < -0.39 is 24.1 Å². The zero-order valence-corrected chi connectivity index (χ0v) is 9.33. The number of methoxy groups -OCH3 is 1. The smallest absolute Gasteiger partial charge is 0.314 e. The van der Waals surface area contributed by atoms with Crippen molar-refractivity contribution in [3.63, 3.8) is 0 Å². The molecule has 88 valence electrons. The van der Waals surface area contributed by atoms with Gasteiger partial charge in [-0.1, -0.05) is 30.3 Å². The molecule has 0 radical (unpaired) electrons. The summed E-state index contributed by atoms with van der Waals surface area (Å²) in [6.07, 6.45) is -2.03. The van der Waals surface area contributed by atoms with E-state index >= 15 is 0 Å². The van der Waals surface area contributed by atoms with Crippen LogP contribution >= 0.6 is 0 Å². The molecule has 0 saturated carbocycles. The summed E-state index contributed by atoms with van der Waals surface area (Å²) in [6, 6.07) is 8.72. The first-order valence-corrected chi connectivity index (χ1v) is 5.06. The lowest BCUT2D eigenvalue weighted by molar-refractivity contribution is -0.154. The minimum absolute atomic E-state index is 0.582. The normalized spacial score (nSPS) is 16.2. The summed E-state index contributed by atoms with van der Waals surface area (Å²) in [5, 5.41) is 19.5. The second-order valence-electron chi connectivity index (χ2n) is 3.65. The fraction of sp³-hybridized carbons (Fsp3) is 0.417. The fourth-order valence-electron chi connectivity index (χ4n) is 1.58. The Morgan fingerprint density at radius 2 is 1.81 bits per heavy atom. The first-order chi connectivity index (χ1) is 7.57. The van der Waals surface area contributed by atoms with Crippen LogP contribution in [0, 0.1) is 5.92 Å². The molecule has 3 atom stereocenters. The number of esters is 1. The number of aliphatic hydroxyl groups is 2. The van der Waals surface area contributed by atoms with Gasteiger partial charge in [0.05, 0.1) is 19.3 Å². The van der Waals surface area contributed by atoms with Crippen molar-refractivity contribution in [3.05, 3.63) is 35.9 Å². The third kappa shape index (κ3) is 2.81. The van der Waals surface area contributed by atoms with Crippen LogP contribution in [0.2, 0.25) is 0 Å². The minimum atomic E-state index is -1.06. The maximum Gasteiger partial charge on any atom is 0.314 e. The van der Waals surface area contributed by atoms with E-state index in [0.717, 1.165) is 0 Å². The summed E-state index contributed by atoms with van der Waals surface area (Å²) in [5.74, 6) is -1.58. The number of hydrogen-bond acceptors (Lipinski definition) is 4. The molecule has 0 aromatic heterocycles. The number of benzene rings is 1. The standard InChI is InChI=1S/C12H16O4/c1-8(13)10(12(15)16-2)11(14)9-6-4-3-5-7-9/h3-8,10-11,13-14H,1-2H3/t8-,10+,11+/m1/s1. The molecule has 0 spiro atoms. The summed E-state index contributed by atoms with van der Waals surface area (Å²) < 4.78 is 4.56. The molecule has 0 amide bonds. The van der Waals surface area contributed by atoms with Gasteiger partial charge in [-0.3, -0.25) is 4.79 Å². The molecule has 0 heterocycles. The molecule has 0 saturated heterocycles. The molecule has 0 bridgehead atoms. The van der Waals surface area contributed by atoms with Crippen LogP contribution in [-0.4, -0.2) is 29.4 Å². The van der Waals surface area contributed by atoms with Crippen LogP contribution in [0.25, 0.3) is 0 Å². The molecule has 1 aromatic carbocycles. The summed E-state index contributed by atoms with van der Waals surface area (Å²) >= 11 is 0. The molecule has 0 aliphatic heterocycles. The summed E-state index contributed by atoms with van der Waals surface area (Å²) in [5.41, 5.74) is 0.582. The first kappa shape index (κ1) is 12.7. The zero-order valence-electron chi connectivity index (χ0n) is 9.33. The summed E-state index contributed by atoms with van der Waals surface area (Å²) in [6.45, 7) is 1.45. The number of hydrogen-bond donors (Lipinski definition) is 2. The third-order valence-corrected chi connectivity index (χ3v) is 2.47. The SMILES string of the molecule is COC(=O)[C@@H]([C@@H](C)O)[C@@H](O)c1ccccc1. The maximum atomic E-state index is 11.4. The first-order valence-electron chi connectivity index (χ1n) is 5.06. The van der Waals surface area contributed by atoms with Gasteiger partial charge in [-0.25, -0.2) is 0 Å². The van der Waals surface area contributed by atoms with E-state index in [1.807, 2.05) is 6.07 Å². The highest BCUT2D eigenvalue weighted by atomic mass is 16.5. The highest BCUT2D eigenvalue weighted by Crippen LogP contribution is 2.25. The second kappa shape index (κ2) is 5.63. The number of aliphatic hydroxyl groups excluding tert-OH is 2. The van der Waals surface area contributed by atoms with Gasteiger partial charge in [0, 0.05) is 0 Å².